The molecule has 0 amide bonds. The fraction of sp³-hybridized carbons (Fsp3) is 0.500. The number of aromatic nitrogens is 1. The third-order valence-electron chi connectivity index (χ3n) is 1.32. The molecular weight excluding hydrogens is 130 g/mol. The Morgan fingerprint density at radius 1 is 1.50 bits per heavy atom. The molecule has 0 spiro atoms. The van der Waals surface area contributed by atoms with Crippen molar-refractivity contribution >= 4 is 11.6 Å². The second-order valence-corrected chi connectivity index (χ2v) is 2.16. The summed E-state index contributed by atoms with van der Waals surface area (Å²) in [5, 5.41) is 3.68. The average molecular weight is 141 g/mol. The number of nitrogen functional groups attached to an aromatic ring is 2. The van der Waals surface area contributed by atoms with Crippen LogP contribution in [0.3, 0.4) is 0 Å². The molecule has 0 saturated heterocycles. The van der Waals surface area contributed by atoms with Crippen LogP contribution in [-0.4, -0.2) is 5.16 Å². The van der Waals surface area contributed by atoms with Gasteiger partial charge in [-0.25, -0.2) is 0 Å². The van der Waals surface area contributed by atoms with Crippen molar-refractivity contribution in [3.63, 3.8) is 0 Å². The van der Waals surface area contributed by atoms with Gasteiger partial charge in [-0.15, -0.1) is 0 Å². The molecule has 0 aliphatic carbocycles. The minimum Gasteiger partial charge on any atom is -0.393 e. The smallest absolute Gasteiger partial charge is 0.245 e. The standard InChI is InChI=1S/C6H11N3O/c1-2-3-4-5(7)6(8)10-9-4/h2-3,7-8H2,1H3. The number of anilines is 2. The number of nitrogens with two attached hydrogens (primary N) is 2. The second kappa shape index (κ2) is 2.60. The van der Waals surface area contributed by atoms with Crippen molar-refractivity contribution in [1.82, 2.24) is 5.16 Å². The highest BCUT2D eigenvalue weighted by atomic mass is 16.5. The summed E-state index contributed by atoms with van der Waals surface area (Å²) in [6.45, 7) is 2.05. The van der Waals surface area contributed by atoms with Crippen LogP contribution >= 0.6 is 0 Å². The highest BCUT2D eigenvalue weighted by Gasteiger charge is 2.07. The van der Waals surface area contributed by atoms with Gasteiger partial charge in [0.15, 0.2) is 0 Å². The van der Waals surface area contributed by atoms with Crippen LogP contribution in [0.5, 0.6) is 0 Å². The summed E-state index contributed by atoms with van der Waals surface area (Å²) < 4.78 is 4.65. The minimum atomic E-state index is 0.225. The van der Waals surface area contributed by atoms with Gasteiger partial charge >= 0.3 is 0 Å². The van der Waals surface area contributed by atoms with Crippen molar-refractivity contribution < 1.29 is 4.52 Å². The molecule has 4 N–H and O–H groups in total. The Bertz CT molecular complexity index is 219. The van der Waals surface area contributed by atoms with Gasteiger partial charge in [-0.3, -0.25) is 0 Å². The first-order chi connectivity index (χ1) is 4.75. The largest absolute Gasteiger partial charge is 0.393 e. The topological polar surface area (TPSA) is 78.1 Å². The van der Waals surface area contributed by atoms with E-state index in [1.54, 1.807) is 0 Å². The molecule has 0 aromatic carbocycles. The molecular formula is C6H11N3O. The van der Waals surface area contributed by atoms with Gasteiger partial charge in [-0.1, -0.05) is 18.5 Å². The van der Waals surface area contributed by atoms with Gasteiger partial charge in [0.1, 0.15) is 11.4 Å². The lowest BCUT2D eigenvalue weighted by Gasteiger charge is -1.89. The normalized spacial score (nSPS) is 10.1. The Labute approximate surface area is 59.2 Å². The van der Waals surface area contributed by atoms with E-state index in [0.717, 1.165) is 18.5 Å². The number of hydrogen-bond acceptors (Lipinski definition) is 4. The molecule has 0 radical (unpaired) electrons. The molecule has 10 heavy (non-hydrogen) atoms. The lowest BCUT2D eigenvalue weighted by molar-refractivity contribution is 0.427. The molecule has 0 saturated carbocycles. The summed E-state index contributed by atoms with van der Waals surface area (Å²) in [6, 6.07) is 0. The molecule has 4 nitrogen and oxygen atoms in total. The molecule has 0 aliphatic heterocycles. The summed E-state index contributed by atoms with van der Waals surface area (Å²) in [6.07, 6.45) is 1.82. The zero-order chi connectivity index (χ0) is 7.56. The second-order valence-electron chi connectivity index (χ2n) is 2.16. The first-order valence-corrected chi connectivity index (χ1v) is 3.25. The van der Waals surface area contributed by atoms with Crippen molar-refractivity contribution in [2.24, 2.45) is 0 Å². The van der Waals surface area contributed by atoms with E-state index in [-0.39, 0.29) is 5.88 Å². The first kappa shape index (κ1) is 6.92. The van der Waals surface area contributed by atoms with Crippen LogP contribution in [0.4, 0.5) is 11.6 Å². The molecule has 0 bridgehead atoms. The lowest BCUT2D eigenvalue weighted by atomic mass is 10.2. The Kier molecular flexibility index (Phi) is 1.80. The van der Waals surface area contributed by atoms with Gasteiger partial charge in [0, 0.05) is 0 Å². The van der Waals surface area contributed by atoms with E-state index in [1.807, 2.05) is 6.92 Å². The number of aryl methyl sites for hydroxylation is 1. The molecule has 0 aliphatic rings. The molecule has 0 fully saturated rings. The number of rotatable bonds is 2. The highest BCUT2D eigenvalue weighted by Crippen LogP contribution is 2.19. The van der Waals surface area contributed by atoms with Gasteiger partial charge in [0.05, 0.1) is 0 Å². The molecule has 1 aromatic rings. The van der Waals surface area contributed by atoms with Crippen molar-refractivity contribution in [2.75, 3.05) is 11.5 Å². The fourth-order valence-electron chi connectivity index (χ4n) is 0.762. The number of nitrogens with zero attached hydrogens (tertiary/aromatic N) is 1. The zero-order valence-electron chi connectivity index (χ0n) is 5.92. The van der Waals surface area contributed by atoms with Gasteiger partial charge < -0.3 is 16.0 Å². The molecule has 1 heterocycles. The van der Waals surface area contributed by atoms with E-state index in [4.69, 9.17) is 11.5 Å². The van der Waals surface area contributed by atoms with Crippen molar-refractivity contribution in [2.45, 2.75) is 19.8 Å². The Balaban J connectivity index is 2.83. The maximum atomic E-state index is 5.51. The van der Waals surface area contributed by atoms with Crippen molar-refractivity contribution in [1.29, 1.82) is 0 Å². The number of hydrogen-bond donors (Lipinski definition) is 2. The van der Waals surface area contributed by atoms with Crippen molar-refractivity contribution in [3.8, 4) is 0 Å². The minimum absolute atomic E-state index is 0.225. The maximum absolute atomic E-state index is 5.51. The predicted molar refractivity (Wildman–Crippen MR) is 39.3 cm³/mol. The molecule has 1 rings (SSSR count). The van der Waals surface area contributed by atoms with E-state index < -0.39 is 0 Å². The maximum Gasteiger partial charge on any atom is 0.245 e. The third-order valence-corrected chi connectivity index (χ3v) is 1.32. The molecule has 4 heteroatoms. The van der Waals surface area contributed by atoms with Crippen LogP contribution in [0, 0.1) is 0 Å². The molecule has 0 atom stereocenters. The predicted octanol–water partition coefficient (Wildman–Crippen LogP) is 0.792. The van der Waals surface area contributed by atoms with E-state index in [0.29, 0.717) is 5.69 Å². The van der Waals surface area contributed by atoms with Gasteiger partial charge in [-0.05, 0) is 6.42 Å². The summed E-state index contributed by atoms with van der Waals surface area (Å²) in [4.78, 5) is 0. The van der Waals surface area contributed by atoms with E-state index in [9.17, 15) is 0 Å². The van der Waals surface area contributed by atoms with Gasteiger partial charge in [0.2, 0.25) is 5.88 Å². The SMILES string of the molecule is CCCc1noc(N)c1N. The summed E-state index contributed by atoms with van der Waals surface area (Å²) >= 11 is 0. The highest BCUT2D eigenvalue weighted by molar-refractivity contribution is 5.58. The van der Waals surface area contributed by atoms with Crippen LogP contribution in [0.25, 0.3) is 0 Å². The molecule has 0 unspecified atom stereocenters. The Morgan fingerprint density at radius 2 is 2.20 bits per heavy atom. The van der Waals surface area contributed by atoms with Crippen LogP contribution < -0.4 is 11.5 Å². The molecule has 1 aromatic heterocycles. The third kappa shape index (κ3) is 1.05. The Morgan fingerprint density at radius 3 is 2.60 bits per heavy atom. The summed E-state index contributed by atoms with van der Waals surface area (Å²) in [7, 11) is 0. The monoisotopic (exact) mass is 141 g/mol. The van der Waals surface area contributed by atoms with Crippen LogP contribution in [0.15, 0.2) is 4.52 Å². The van der Waals surface area contributed by atoms with Crippen LogP contribution in [-0.2, 0) is 6.42 Å². The summed E-state index contributed by atoms with van der Waals surface area (Å²) in [5.41, 5.74) is 12.1. The molecule has 56 valence electrons. The van der Waals surface area contributed by atoms with Crippen LogP contribution in [0.2, 0.25) is 0 Å². The van der Waals surface area contributed by atoms with Crippen molar-refractivity contribution in [3.05, 3.63) is 5.69 Å². The van der Waals surface area contributed by atoms with Gasteiger partial charge in [0.25, 0.3) is 0 Å². The zero-order valence-corrected chi connectivity index (χ0v) is 5.92. The fourth-order valence-corrected chi connectivity index (χ4v) is 0.762. The van der Waals surface area contributed by atoms with Gasteiger partial charge in [-0.2, -0.15) is 0 Å². The lowest BCUT2D eigenvalue weighted by Crippen LogP contribution is -1.94. The average Bonchev–Trinajstić information content (AvgIpc) is 2.20. The Hall–Kier alpha value is -1.19. The van der Waals surface area contributed by atoms with Crippen LogP contribution in [0.1, 0.15) is 19.0 Å². The quantitative estimate of drug-likeness (QED) is 0.638. The van der Waals surface area contributed by atoms with E-state index in [2.05, 4.69) is 9.68 Å². The van der Waals surface area contributed by atoms with E-state index >= 15 is 0 Å². The summed E-state index contributed by atoms with van der Waals surface area (Å²) in [5.74, 6) is 0.225. The van der Waals surface area contributed by atoms with E-state index in [1.165, 1.54) is 0 Å². The first-order valence-electron chi connectivity index (χ1n) is 3.25.